The van der Waals surface area contributed by atoms with E-state index in [0.717, 1.165) is 50.4 Å². The fourth-order valence-corrected chi connectivity index (χ4v) is 3.74. The number of aromatic nitrogens is 2. The third-order valence-corrected chi connectivity index (χ3v) is 5.18. The molecule has 1 N–H and O–H groups in total. The summed E-state index contributed by atoms with van der Waals surface area (Å²) in [5, 5.41) is 3.38. The summed E-state index contributed by atoms with van der Waals surface area (Å²) in [7, 11) is 0. The van der Waals surface area contributed by atoms with Crippen molar-refractivity contribution in [1.29, 1.82) is 0 Å². The zero-order valence-electron chi connectivity index (χ0n) is 15.0. The molecule has 0 unspecified atom stereocenters. The van der Waals surface area contributed by atoms with Crippen molar-refractivity contribution >= 4 is 11.6 Å². The van der Waals surface area contributed by atoms with Gasteiger partial charge in [0.25, 0.3) is 0 Å². The van der Waals surface area contributed by atoms with E-state index >= 15 is 0 Å². The number of anilines is 2. The van der Waals surface area contributed by atoms with Gasteiger partial charge in [-0.3, -0.25) is 0 Å². The highest BCUT2D eigenvalue weighted by atomic mass is 19.1. The van der Waals surface area contributed by atoms with Crippen molar-refractivity contribution in [3.05, 3.63) is 36.3 Å². The molecule has 1 aromatic heterocycles. The van der Waals surface area contributed by atoms with Crippen molar-refractivity contribution in [1.82, 2.24) is 9.97 Å². The smallest absolute Gasteiger partial charge is 0.223 e. The van der Waals surface area contributed by atoms with Crippen molar-refractivity contribution < 1.29 is 9.13 Å². The molecule has 26 heavy (non-hydrogen) atoms. The summed E-state index contributed by atoms with van der Waals surface area (Å²) < 4.78 is 19.8. The van der Waals surface area contributed by atoms with Crippen LogP contribution in [0.5, 0.6) is 0 Å². The molecule has 1 saturated carbocycles. The van der Waals surface area contributed by atoms with Gasteiger partial charge in [0.05, 0.1) is 19.4 Å². The molecule has 1 aliphatic carbocycles. The number of hydrogen-bond acceptors (Lipinski definition) is 5. The van der Waals surface area contributed by atoms with Crippen molar-refractivity contribution in [3.8, 4) is 11.3 Å². The van der Waals surface area contributed by atoms with Crippen LogP contribution in [0.2, 0.25) is 0 Å². The normalized spacial score (nSPS) is 18.7. The molecular formula is C20H25FN4O. The van der Waals surface area contributed by atoms with Crippen LogP contribution in [0.3, 0.4) is 0 Å². The number of halogens is 1. The summed E-state index contributed by atoms with van der Waals surface area (Å²) >= 11 is 0. The number of morpholine rings is 1. The van der Waals surface area contributed by atoms with E-state index in [4.69, 9.17) is 4.74 Å². The van der Waals surface area contributed by atoms with E-state index in [1.54, 1.807) is 0 Å². The molecule has 0 spiro atoms. The molecule has 0 atom stereocenters. The van der Waals surface area contributed by atoms with Crippen molar-refractivity contribution in [3.63, 3.8) is 0 Å². The molecule has 1 saturated heterocycles. The van der Waals surface area contributed by atoms with Gasteiger partial charge in [-0.15, -0.1) is 0 Å². The van der Waals surface area contributed by atoms with Crippen LogP contribution in [0.15, 0.2) is 30.5 Å². The Bertz CT molecular complexity index is 742. The Hall–Kier alpha value is -2.21. The van der Waals surface area contributed by atoms with E-state index in [9.17, 15) is 4.39 Å². The number of nitrogens with one attached hydrogen (secondary N) is 1. The summed E-state index contributed by atoms with van der Waals surface area (Å²) in [6, 6.07) is 8.30. The van der Waals surface area contributed by atoms with Crippen molar-refractivity contribution in [2.45, 2.75) is 38.1 Å². The highest BCUT2D eigenvalue weighted by Gasteiger charge is 2.17. The summed E-state index contributed by atoms with van der Waals surface area (Å²) in [5.74, 6) is 0.128. The van der Waals surface area contributed by atoms with Crippen LogP contribution in [0, 0.1) is 5.82 Å². The van der Waals surface area contributed by atoms with Crippen LogP contribution < -0.4 is 10.2 Å². The lowest BCUT2D eigenvalue weighted by Gasteiger charge is -2.29. The topological polar surface area (TPSA) is 50.3 Å². The van der Waals surface area contributed by atoms with Gasteiger partial charge in [-0.2, -0.15) is 0 Å². The number of nitrogens with zero attached hydrogens (tertiary/aromatic N) is 3. The zero-order valence-corrected chi connectivity index (χ0v) is 15.0. The summed E-state index contributed by atoms with van der Waals surface area (Å²) in [5.41, 5.74) is 2.21. The molecule has 0 radical (unpaired) electrons. The highest BCUT2D eigenvalue weighted by molar-refractivity contribution is 5.67. The van der Waals surface area contributed by atoms with E-state index in [0.29, 0.717) is 17.7 Å². The predicted octanol–water partition coefficient (Wildman–Crippen LogP) is 3.86. The molecule has 6 heteroatoms. The van der Waals surface area contributed by atoms with Crippen LogP contribution in [-0.2, 0) is 4.74 Å². The lowest BCUT2D eigenvalue weighted by Crippen LogP contribution is -2.36. The third-order valence-electron chi connectivity index (χ3n) is 5.18. The third kappa shape index (κ3) is 3.96. The van der Waals surface area contributed by atoms with E-state index in [2.05, 4.69) is 26.3 Å². The Kier molecular flexibility index (Phi) is 5.29. The fraction of sp³-hybridized carbons (Fsp3) is 0.500. The molecule has 4 rings (SSSR count). The van der Waals surface area contributed by atoms with Crippen LogP contribution in [0.4, 0.5) is 16.0 Å². The van der Waals surface area contributed by atoms with Crippen LogP contribution in [-0.4, -0.2) is 42.3 Å². The molecule has 0 bridgehead atoms. The molecule has 138 valence electrons. The monoisotopic (exact) mass is 356 g/mol. The molecular weight excluding hydrogens is 331 g/mol. The minimum atomic E-state index is -0.390. The molecule has 2 fully saturated rings. The second-order valence-corrected chi connectivity index (χ2v) is 7.02. The maximum atomic E-state index is 14.4. The summed E-state index contributed by atoms with van der Waals surface area (Å²) in [6.07, 6.45) is 7.28. The Labute approximate surface area is 153 Å². The van der Waals surface area contributed by atoms with E-state index in [-0.39, 0.29) is 0 Å². The molecule has 2 aromatic rings. The Morgan fingerprint density at radius 2 is 1.92 bits per heavy atom. The maximum Gasteiger partial charge on any atom is 0.223 e. The average molecular weight is 356 g/mol. The van der Waals surface area contributed by atoms with Gasteiger partial charge in [-0.25, -0.2) is 14.4 Å². The van der Waals surface area contributed by atoms with E-state index in [1.807, 2.05) is 18.2 Å². The van der Waals surface area contributed by atoms with E-state index < -0.39 is 5.82 Å². The Morgan fingerprint density at radius 3 is 2.73 bits per heavy atom. The quantitative estimate of drug-likeness (QED) is 0.901. The largest absolute Gasteiger partial charge is 0.378 e. The van der Waals surface area contributed by atoms with Crippen molar-refractivity contribution in [2.75, 3.05) is 36.5 Å². The number of hydrogen-bond donors (Lipinski definition) is 1. The SMILES string of the molecule is Fc1cnc(NC2CCCCC2)nc1-c1cccc(N2CCOCC2)c1. The first-order valence-corrected chi connectivity index (χ1v) is 9.52. The van der Waals surface area contributed by atoms with Crippen molar-refractivity contribution in [2.24, 2.45) is 0 Å². The standard InChI is InChI=1S/C20H25FN4O/c21-18-14-22-20(23-16-6-2-1-3-7-16)24-19(18)15-5-4-8-17(13-15)25-9-11-26-12-10-25/h4-5,8,13-14,16H,1-3,6-7,9-12H2,(H,22,23,24). The Balaban J connectivity index is 1.57. The van der Waals surface area contributed by atoms with Crippen LogP contribution in [0.25, 0.3) is 11.3 Å². The molecule has 5 nitrogen and oxygen atoms in total. The molecule has 1 aliphatic heterocycles. The number of benzene rings is 1. The second-order valence-electron chi connectivity index (χ2n) is 7.02. The molecule has 2 aliphatic rings. The summed E-state index contributed by atoms with van der Waals surface area (Å²) in [6.45, 7) is 3.15. The van der Waals surface area contributed by atoms with Gasteiger partial charge in [-0.05, 0) is 25.0 Å². The minimum absolute atomic E-state index is 0.355. The first kappa shape index (κ1) is 17.2. The molecule has 1 aromatic carbocycles. The fourth-order valence-electron chi connectivity index (χ4n) is 3.74. The van der Waals surface area contributed by atoms with Gasteiger partial charge < -0.3 is 15.0 Å². The van der Waals surface area contributed by atoms with Crippen LogP contribution in [0.1, 0.15) is 32.1 Å². The van der Waals surface area contributed by atoms with Gasteiger partial charge in [0, 0.05) is 30.4 Å². The highest BCUT2D eigenvalue weighted by Crippen LogP contribution is 2.27. The van der Waals surface area contributed by atoms with Gasteiger partial charge in [0.1, 0.15) is 5.69 Å². The lowest BCUT2D eigenvalue weighted by molar-refractivity contribution is 0.122. The average Bonchev–Trinajstić information content (AvgIpc) is 2.71. The predicted molar refractivity (Wildman–Crippen MR) is 101 cm³/mol. The second kappa shape index (κ2) is 7.99. The first-order valence-electron chi connectivity index (χ1n) is 9.52. The summed E-state index contributed by atoms with van der Waals surface area (Å²) in [4.78, 5) is 10.9. The van der Waals surface area contributed by atoms with Gasteiger partial charge in [0.15, 0.2) is 5.82 Å². The first-order chi connectivity index (χ1) is 12.8. The molecule has 2 heterocycles. The van der Waals surface area contributed by atoms with Gasteiger partial charge >= 0.3 is 0 Å². The van der Waals surface area contributed by atoms with Gasteiger partial charge in [0.2, 0.25) is 5.95 Å². The van der Waals surface area contributed by atoms with Gasteiger partial charge in [-0.1, -0.05) is 31.4 Å². The zero-order chi connectivity index (χ0) is 17.8. The van der Waals surface area contributed by atoms with Crippen LogP contribution >= 0.6 is 0 Å². The number of ether oxygens (including phenoxy) is 1. The van der Waals surface area contributed by atoms with E-state index in [1.165, 1.54) is 25.5 Å². The molecule has 0 amide bonds. The Morgan fingerprint density at radius 1 is 1.12 bits per heavy atom. The maximum absolute atomic E-state index is 14.4. The number of rotatable bonds is 4. The minimum Gasteiger partial charge on any atom is -0.378 e. The lowest BCUT2D eigenvalue weighted by atomic mass is 9.96.